The molecule has 0 aromatic heterocycles. The molecule has 3 rings (SSSR count). The van der Waals surface area contributed by atoms with E-state index >= 15 is 0 Å². The summed E-state index contributed by atoms with van der Waals surface area (Å²) in [6, 6.07) is 20.8. The van der Waals surface area contributed by atoms with Gasteiger partial charge in [-0.15, -0.1) is 0 Å². The molecule has 0 spiro atoms. The van der Waals surface area contributed by atoms with Crippen LogP contribution < -0.4 is 9.62 Å². The van der Waals surface area contributed by atoms with E-state index in [1.54, 1.807) is 54.2 Å². The molecular formula is C25H26Cl2N2O3S2. The molecule has 0 fully saturated rings. The van der Waals surface area contributed by atoms with Gasteiger partial charge in [-0.2, -0.15) is 11.8 Å². The fourth-order valence-electron chi connectivity index (χ4n) is 3.34. The Morgan fingerprint density at radius 2 is 1.68 bits per heavy atom. The molecule has 0 aliphatic rings. The lowest BCUT2D eigenvalue weighted by Crippen LogP contribution is -2.41. The lowest BCUT2D eigenvalue weighted by molar-refractivity contribution is -0.119. The van der Waals surface area contributed by atoms with Crippen LogP contribution in [0.5, 0.6) is 0 Å². The highest BCUT2D eigenvalue weighted by Crippen LogP contribution is 2.27. The highest BCUT2D eigenvalue weighted by Gasteiger charge is 2.28. The Labute approximate surface area is 215 Å². The zero-order chi connectivity index (χ0) is 24.6. The molecule has 1 N–H and O–H groups in total. The van der Waals surface area contributed by atoms with E-state index < -0.39 is 10.0 Å². The molecule has 5 nitrogen and oxygen atoms in total. The largest absolute Gasteiger partial charge is 0.354 e. The highest BCUT2D eigenvalue weighted by atomic mass is 35.5. The number of aryl methyl sites for hydroxylation is 1. The predicted octanol–water partition coefficient (Wildman–Crippen LogP) is 5.80. The maximum absolute atomic E-state index is 13.4. The molecule has 180 valence electrons. The van der Waals surface area contributed by atoms with Gasteiger partial charge >= 0.3 is 0 Å². The Hall–Kier alpha value is -2.19. The number of rotatable bonds is 11. The van der Waals surface area contributed by atoms with E-state index in [-0.39, 0.29) is 17.3 Å². The van der Waals surface area contributed by atoms with Crippen molar-refractivity contribution < 1.29 is 13.2 Å². The van der Waals surface area contributed by atoms with Gasteiger partial charge in [0.15, 0.2) is 0 Å². The average Bonchev–Trinajstić information content (AvgIpc) is 2.84. The van der Waals surface area contributed by atoms with Crippen molar-refractivity contribution in [2.45, 2.75) is 24.0 Å². The number of para-hydroxylation sites is 1. The van der Waals surface area contributed by atoms with Gasteiger partial charge in [0, 0.05) is 28.1 Å². The van der Waals surface area contributed by atoms with Crippen molar-refractivity contribution >= 4 is 56.6 Å². The third-order valence-corrected chi connectivity index (χ3v) is 8.47. The van der Waals surface area contributed by atoms with Crippen LogP contribution in [0.4, 0.5) is 5.69 Å². The third-order valence-electron chi connectivity index (χ3n) is 5.10. The topological polar surface area (TPSA) is 66.5 Å². The Bertz CT molecular complexity index is 1220. The smallest absolute Gasteiger partial charge is 0.264 e. The van der Waals surface area contributed by atoms with Gasteiger partial charge in [-0.05, 0) is 47.9 Å². The van der Waals surface area contributed by atoms with Crippen LogP contribution in [-0.4, -0.2) is 33.2 Å². The van der Waals surface area contributed by atoms with Crippen molar-refractivity contribution in [3.63, 3.8) is 0 Å². The fraction of sp³-hybridized carbons (Fsp3) is 0.240. The quantitative estimate of drug-likeness (QED) is 0.314. The van der Waals surface area contributed by atoms with Crippen LogP contribution >= 0.6 is 35.0 Å². The summed E-state index contributed by atoms with van der Waals surface area (Å²) in [7, 11) is -3.92. The van der Waals surface area contributed by atoms with E-state index in [1.165, 1.54) is 16.4 Å². The summed E-state index contributed by atoms with van der Waals surface area (Å²) < 4.78 is 28.1. The van der Waals surface area contributed by atoms with Crippen LogP contribution in [0.3, 0.4) is 0 Å². The molecule has 0 aliphatic carbocycles. The van der Waals surface area contributed by atoms with Crippen LogP contribution in [0.1, 0.15) is 18.1 Å². The van der Waals surface area contributed by atoms with Gasteiger partial charge in [0.05, 0.1) is 10.6 Å². The van der Waals surface area contributed by atoms with Crippen molar-refractivity contribution in [3.05, 3.63) is 94.0 Å². The number of hydrogen-bond acceptors (Lipinski definition) is 4. The molecule has 0 unspecified atom stereocenters. The number of sulfonamides is 1. The second-order valence-electron chi connectivity index (χ2n) is 7.45. The minimum absolute atomic E-state index is 0.143. The SMILES string of the molecule is CCc1ccccc1N(CC(=O)NCCSCc1ccc(Cl)cc1Cl)S(=O)(=O)c1ccccc1. The van der Waals surface area contributed by atoms with E-state index in [0.29, 0.717) is 40.2 Å². The molecule has 0 saturated carbocycles. The molecule has 0 heterocycles. The predicted molar refractivity (Wildman–Crippen MR) is 142 cm³/mol. The first kappa shape index (κ1) is 26.4. The van der Waals surface area contributed by atoms with E-state index in [9.17, 15) is 13.2 Å². The first-order valence-electron chi connectivity index (χ1n) is 10.8. The molecule has 3 aromatic carbocycles. The van der Waals surface area contributed by atoms with Crippen molar-refractivity contribution in [1.82, 2.24) is 5.32 Å². The molecule has 0 bridgehead atoms. The Balaban J connectivity index is 1.66. The summed E-state index contributed by atoms with van der Waals surface area (Å²) in [6.07, 6.45) is 0.641. The monoisotopic (exact) mass is 536 g/mol. The Kier molecular flexibility index (Phi) is 9.71. The highest BCUT2D eigenvalue weighted by molar-refractivity contribution is 7.98. The van der Waals surface area contributed by atoms with Gasteiger partial charge in [-0.3, -0.25) is 9.10 Å². The van der Waals surface area contributed by atoms with Crippen molar-refractivity contribution in [1.29, 1.82) is 0 Å². The standard InChI is InChI=1S/C25H26Cl2N2O3S2/c1-2-19-8-6-7-11-24(19)29(34(31,32)22-9-4-3-5-10-22)17-25(30)28-14-15-33-18-20-12-13-21(26)16-23(20)27/h3-13,16H,2,14-15,17-18H2,1H3,(H,28,30). The average molecular weight is 538 g/mol. The lowest BCUT2D eigenvalue weighted by Gasteiger charge is -2.26. The summed E-state index contributed by atoms with van der Waals surface area (Å²) >= 11 is 13.7. The first-order valence-corrected chi connectivity index (χ1v) is 14.1. The van der Waals surface area contributed by atoms with Gasteiger partial charge < -0.3 is 5.32 Å². The summed E-state index contributed by atoms with van der Waals surface area (Å²) in [5.41, 5.74) is 2.33. The molecule has 0 saturated heterocycles. The van der Waals surface area contributed by atoms with E-state index in [4.69, 9.17) is 23.2 Å². The number of thioether (sulfide) groups is 1. The van der Waals surface area contributed by atoms with Crippen LogP contribution in [0.2, 0.25) is 10.0 Å². The summed E-state index contributed by atoms with van der Waals surface area (Å²) in [6.45, 7) is 2.06. The number of nitrogens with zero attached hydrogens (tertiary/aromatic N) is 1. The number of nitrogens with one attached hydrogen (secondary N) is 1. The molecule has 0 radical (unpaired) electrons. The van der Waals surface area contributed by atoms with Crippen molar-refractivity contribution in [2.75, 3.05) is 23.1 Å². The molecule has 34 heavy (non-hydrogen) atoms. The summed E-state index contributed by atoms with van der Waals surface area (Å²) in [5.74, 6) is 0.974. The zero-order valence-electron chi connectivity index (χ0n) is 18.7. The Morgan fingerprint density at radius 1 is 0.971 bits per heavy atom. The van der Waals surface area contributed by atoms with Gasteiger partial charge in [0.1, 0.15) is 6.54 Å². The number of halogens is 2. The van der Waals surface area contributed by atoms with Crippen LogP contribution in [0.15, 0.2) is 77.7 Å². The molecule has 0 atom stereocenters. The number of carbonyl (C=O) groups excluding carboxylic acids is 1. The fourth-order valence-corrected chi connectivity index (χ4v) is 6.24. The van der Waals surface area contributed by atoms with Gasteiger partial charge in [0.25, 0.3) is 10.0 Å². The maximum atomic E-state index is 13.4. The van der Waals surface area contributed by atoms with E-state index in [0.717, 1.165) is 11.1 Å². The van der Waals surface area contributed by atoms with E-state index in [1.807, 2.05) is 25.1 Å². The maximum Gasteiger partial charge on any atom is 0.264 e. The first-order chi connectivity index (χ1) is 16.3. The minimum atomic E-state index is -3.92. The van der Waals surface area contributed by atoms with Crippen LogP contribution in [0, 0.1) is 0 Å². The van der Waals surface area contributed by atoms with E-state index in [2.05, 4.69) is 5.32 Å². The van der Waals surface area contributed by atoms with Gasteiger partial charge in [-0.25, -0.2) is 8.42 Å². The minimum Gasteiger partial charge on any atom is -0.354 e. The summed E-state index contributed by atoms with van der Waals surface area (Å²) in [4.78, 5) is 12.9. The number of amides is 1. The van der Waals surface area contributed by atoms with Crippen LogP contribution in [-0.2, 0) is 27.0 Å². The lowest BCUT2D eigenvalue weighted by atomic mass is 10.1. The zero-order valence-corrected chi connectivity index (χ0v) is 21.9. The molecular weight excluding hydrogens is 511 g/mol. The molecule has 9 heteroatoms. The van der Waals surface area contributed by atoms with Crippen molar-refractivity contribution in [2.24, 2.45) is 0 Å². The molecule has 0 aliphatic heterocycles. The second-order valence-corrected chi connectivity index (χ2v) is 11.3. The van der Waals surface area contributed by atoms with Gasteiger partial charge in [-0.1, -0.05) is 72.6 Å². The second kappa shape index (κ2) is 12.5. The molecule has 1 amide bonds. The molecule has 3 aromatic rings. The summed E-state index contributed by atoms with van der Waals surface area (Å²) in [5, 5.41) is 4.03. The van der Waals surface area contributed by atoms with Gasteiger partial charge in [0.2, 0.25) is 5.91 Å². The van der Waals surface area contributed by atoms with Crippen LogP contribution in [0.25, 0.3) is 0 Å². The van der Waals surface area contributed by atoms with Crippen molar-refractivity contribution in [3.8, 4) is 0 Å². The Morgan fingerprint density at radius 3 is 2.38 bits per heavy atom. The third kappa shape index (κ3) is 6.92. The number of benzene rings is 3. The number of anilines is 1. The number of carbonyl (C=O) groups is 1. The normalized spacial score (nSPS) is 11.3. The number of hydrogen-bond donors (Lipinski definition) is 1.